The topological polar surface area (TPSA) is 70.2 Å². The summed E-state index contributed by atoms with van der Waals surface area (Å²) in [4.78, 5) is 14.7. The van der Waals surface area contributed by atoms with Crippen LogP contribution in [0.4, 0.5) is 5.69 Å². The molecule has 7 heteroatoms. The van der Waals surface area contributed by atoms with Crippen molar-refractivity contribution >= 4 is 24.9 Å². The van der Waals surface area contributed by atoms with Gasteiger partial charge in [-0.2, -0.15) is 0 Å². The van der Waals surface area contributed by atoms with Gasteiger partial charge < -0.3 is 8.99 Å². The van der Waals surface area contributed by atoms with Crippen molar-refractivity contribution in [3.63, 3.8) is 0 Å². The molecule has 0 radical (unpaired) electrons. The monoisotopic (exact) mass is 321 g/mol. The van der Waals surface area contributed by atoms with E-state index in [0.717, 1.165) is 5.39 Å². The van der Waals surface area contributed by atoms with Crippen LogP contribution in [0, 0.1) is 10.1 Å². The van der Waals surface area contributed by atoms with Crippen LogP contribution in [0.5, 0.6) is 0 Å². The zero-order valence-corrected chi connectivity index (χ0v) is 14.8. The minimum Gasteiger partial charge on any atom is -0.415 e. The third-order valence-corrected chi connectivity index (χ3v) is 8.98. The summed E-state index contributed by atoms with van der Waals surface area (Å²) >= 11 is 0. The Balaban J connectivity index is 2.18. The molecular weight excluding hydrogens is 298 g/mol. The van der Waals surface area contributed by atoms with E-state index in [9.17, 15) is 10.1 Å². The Labute approximate surface area is 131 Å². The predicted molar refractivity (Wildman–Crippen MR) is 89.5 cm³/mol. The number of nitro groups is 1. The number of pyridine rings is 1. The van der Waals surface area contributed by atoms with E-state index in [1.165, 1.54) is 6.20 Å². The number of hydrogen-bond acceptors (Lipinski definition) is 4. The van der Waals surface area contributed by atoms with Crippen molar-refractivity contribution in [1.82, 2.24) is 9.55 Å². The maximum atomic E-state index is 11.2. The molecule has 0 amide bonds. The Morgan fingerprint density at radius 2 is 2.05 bits per heavy atom. The van der Waals surface area contributed by atoms with Crippen LogP contribution in [0.1, 0.15) is 20.8 Å². The molecule has 0 saturated carbocycles. The second-order valence-electron chi connectivity index (χ2n) is 6.97. The minimum atomic E-state index is -1.80. The predicted octanol–water partition coefficient (Wildman–Crippen LogP) is 3.97. The molecule has 0 aromatic carbocycles. The van der Waals surface area contributed by atoms with Gasteiger partial charge in [-0.25, -0.2) is 0 Å². The van der Waals surface area contributed by atoms with Crippen molar-refractivity contribution in [3.8, 4) is 0 Å². The molecule has 0 fully saturated rings. The molecule has 0 N–H and O–H groups in total. The van der Waals surface area contributed by atoms with Crippen LogP contribution in [0.3, 0.4) is 0 Å². The molecule has 120 valence electrons. The fourth-order valence-electron chi connectivity index (χ4n) is 2.07. The summed E-state index contributed by atoms with van der Waals surface area (Å²) in [6.45, 7) is 12.1. The molecule has 0 aliphatic rings. The lowest BCUT2D eigenvalue weighted by atomic mass is 10.2. The van der Waals surface area contributed by atoms with Crippen LogP contribution in [0.25, 0.3) is 10.9 Å². The van der Waals surface area contributed by atoms with Crippen LogP contribution in [-0.4, -0.2) is 29.4 Å². The molecule has 0 spiro atoms. The highest BCUT2D eigenvalue weighted by Gasteiger charge is 2.36. The average molecular weight is 321 g/mol. The van der Waals surface area contributed by atoms with E-state index in [4.69, 9.17) is 4.43 Å². The van der Waals surface area contributed by atoms with Gasteiger partial charge in [-0.3, -0.25) is 15.1 Å². The molecule has 0 aliphatic carbocycles. The zero-order valence-electron chi connectivity index (χ0n) is 13.8. The third kappa shape index (κ3) is 3.20. The standard InChI is InChI=1S/C15H23N3O3Si/c1-15(2,3)22(4,5)21-9-8-17-7-6-12-10-16-11-13(14(12)17)18(19)20/h6-7,10-11H,8-9H2,1-5H3. The van der Waals surface area contributed by atoms with Gasteiger partial charge in [0.05, 0.1) is 11.5 Å². The van der Waals surface area contributed by atoms with Gasteiger partial charge in [0.2, 0.25) is 0 Å². The van der Waals surface area contributed by atoms with E-state index < -0.39 is 8.32 Å². The number of hydrogen-bond donors (Lipinski definition) is 0. The first-order chi connectivity index (χ1) is 10.1. The Hall–Kier alpha value is -1.73. The lowest BCUT2D eigenvalue weighted by Gasteiger charge is -2.36. The van der Waals surface area contributed by atoms with Crippen molar-refractivity contribution in [2.24, 2.45) is 0 Å². The molecule has 2 rings (SSSR count). The van der Waals surface area contributed by atoms with E-state index in [1.807, 2.05) is 16.8 Å². The first-order valence-electron chi connectivity index (χ1n) is 7.35. The third-order valence-electron chi connectivity index (χ3n) is 4.45. The summed E-state index contributed by atoms with van der Waals surface area (Å²) in [7, 11) is -1.80. The van der Waals surface area contributed by atoms with Crippen molar-refractivity contribution in [2.75, 3.05) is 6.61 Å². The first-order valence-corrected chi connectivity index (χ1v) is 10.3. The number of aromatic nitrogens is 2. The lowest BCUT2D eigenvalue weighted by molar-refractivity contribution is -0.383. The molecule has 22 heavy (non-hydrogen) atoms. The molecule has 0 unspecified atom stereocenters. The Bertz CT molecular complexity index is 689. The van der Waals surface area contributed by atoms with Gasteiger partial charge in [0, 0.05) is 24.3 Å². The fraction of sp³-hybridized carbons (Fsp3) is 0.533. The Morgan fingerprint density at radius 1 is 1.36 bits per heavy atom. The van der Waals surface area contributed by atoms with Gasteiger partial charge in [-0.1, -0.05) is 20.8 Å². The number of rotatable bonds is 5. The molecule has 0 bridgehead atoms. The molecule has 6 nitrogen and oxygen atoms in total. The highest BCUT2D eigenvalue weighted by Crippen LogP contribution is 2.36. The first kappa shape index (κ1) is 16.6. The highest BCUT2D eigenvalue weighted by molar-refractivity contribution is 6.74. The van der Waals surface area contributed by atoms with Crippen LogP contribution >= 0.6 is 0 Å². The van der Waals surface area contributed by atoms with E-state index in [2.05, 4.69) is 38.8 Å². The minimum absolute atomic E-state index is 0.0369. The van der Waals surface area contributed by atoms with E-state index >= 15 is 0 Å². The summed E-state index contributed by atoms with van der Waals surface area (Å²) in [6, 6.07) is 1.85. The normalized spacial score (nSPS) is 12.8. The van der Waals surface area contributed by atoms with Gasteiger partial charge in [0.1, 0.15) is 11.7 Å². The van der Waals surface area contributed by atoms with Crippen LogP contribution in [-0.2, 0) is 11.0 Å². The smallest absolute Gasteiger partial charge is 0.311 e. The lowest BCUT2D eigenvalue weighted by Crippen LogP contribution is -2.41. The molecule has 2 heterocycles. The second kappa shape index (κ2) is 5.81. The maximum Gasteiger partial charge on any atom is 0.311 e. The highest BCUT2D eigenvalue weighted by atomic mass is 28.4. The van der Waals surface area contributed by atoms with Gasteiger partial charge in [-0.15, -0.1) is 0 Å². The van der Waals surface area contributed by atoms with E-state index in [-0.39, 0.29) is 15.6 Å². The Morgan fingerprint density at radius 3 is 2.64 bits per heavy atom. The van der Waals surface area contributed by atoms with Gasteiger partial charge in [0.15, 0.2) is 8.32 Å². The molecule has 0 saturated heterocycles. The van der Waals surface area contributed by atoms with Crippen LogP contribution in [0.2, 0.25) is 18.1 Å². The molecular formula is C15H23N3O3Si. The quantitative estimate of drug-likeness (QED) is 0.475. The van der Waals surface area contributed by atoms with Crippen molar-refractivity contribution in [3.05, 3.63) is 34.8 Å². The molecule has 2 aromatic rings. The van der Waals surface area contributed by atoms with Gasteiger partial charge >= 0.3 is 5.69 Å². The van der Waals surface area contributed by atoms with Crippen molar-refractivity contribution in [2.45, 2.75) is 45.4 Å². The summed E-state index contributed by atoms with van der Waals surface area (Å²) in [6.07, 6.45) is 4.80. The van der Waals surface area contributed by atoms with Crippen molar-refractivity contribution in [1.29, 1.82) is 0 Å². The van der Waals surface area contributed by atoms with Crippen LogP contribution in [0.15, 0.2) is 24.7 Å². The van der Waals surface area contributed by atoms with Crippen molar-refractivity contribution < 1.29 is 9.35 Å². The summed E-state index contributed by atoms with van der Waals surface area (Å²) in [5, 5.41) is 12.1. The fourth-order valence-corrected chi connectivity index (χ4v) is 3.11. The Kier molecular flexibility index (Phi) is 4.39. The summed E-state index contributed by atoms with van der Waals surface area (Å²) in [5.74, 6) is 0. The van der Waals surface area contributed by atoms with E-state index in [1.54, 1.807) is 6.20 Å². The maximum absolute atomic E-state index is 11.2. The summed E-state index contributed by atoms with van der Waals surface area (Å²) in [5.41, 5.74) is 0.647. The SMILES string of the molecule is CC(C)(C)[Si](C)(C)OCCn1ccc2cncc([N+](=O)[O-])c21. The number of fused-ring (bicyclic) bond motifs is 1. The van der Waals surface area contributed by atoms with Gasteiger partial charge in [0.25, 0.3) is 0 Å². The van der Waals surface area contributed by atoms with E-state index in [0.29, 0.717) is 18.7 Å². The van der Waals surface area contributed by atoms with Crippen LogP contribution < -0.4 is 0 Å². The average Bonchev–Trinajstić information content (AvgIpc) is 2.80. The zero-order chi connectivity index (χ0) is 16.5. The molecule has 0 aliphatic heterocycles. The largest absolute Gasteiger partial charge is 0.415 e. The molecule has 0 atom stereocenters. The number of nitrogens with zero attached hydrogens (tertiary/aromatic N) is 3. The van der Waals surface area contributed by atoms with Gasteiger partial charge in [-0.05, 0) is 24.2 Å². The molecule has 2 aromatic heterocycles. The summed E-state index contributed by atoms with van der Waals surface area (Å²) < 4.78 is 8.03. The second-order valence-corrected chi connectivity index (χ2v) is 11.8.